The van der Waals surface area contributed by atoms with E-state index >= 15 is 0 Å². The number of hydrogen-bond donors (Lipinski definition) is 1. The molecule has 1 aliphatic heterocycles. The Labute approximate surface area is 176 Å². The van der Waals surface area contributed by atoms with Gasteiger partial charge in [-0.25, -0.2) is 0 Å². The molecule has 1 aromatic heterocycles. The number of nitrogens with one attached hydrogen (secondary N) is 1. The van der Waals surface area contributed by atoms with Crippen LogP contribution in [0.4, 0.5) is 0 Å². The number of guanidine groups is 1. The summed E-state index contributed by atoms with van der Waals surface area (Å²) in [7, 11) is 1.76. The second-order valence-electron chi connectivity index (χ2n) is 5.89. The summed E-state index contributed by atoms with van der Waals surface area (Å²) >= 11 is 0. The molecule has 3 rings (SSSR count). The molecule has 0 spiro atoms. The fourth-order valence-corrected chi connectivity index (χ4v) is 2.86. The summed E-state index contributed by atoms with van der Waals surface area (Å²) in [5.41, 5.74) is 0. The van der Waals surface area contributed by atoms with Gasteiger partial charge in [0, 0.05) is 33.2 Å². The first-order valence-corrected chi connectivity index (χ1v) is 8.74. The lowest BCUT2D eigenvalue weighted by molar-refractivity contribution is 0.0657. The Balaban J connectivity index is 0.00000261. The number of carbonyl (C=O) groups excluding carboxylic acids is 1. The Bertz CT molecular complexity index is 714. The summed E-state index contributed by atoms with van der Waals surface area (Å²) in [5.74, 6) is 2.01. The first-order chi connectivity index (χ1) is 12.8. The Kier molecular flexibility index (Phi) is 8.43. The van der Waals surface area contributed by atoms with Crippen LogP contribution in [-0.2, 0) is 0 Å². The summed E-state index contributed by atoms with van der Waals surface area (Å²) < 4.78 is 10.9. The van der Waals surface area contributed by atoms with Crippen LogP contribution in [0.25, 0.3) is 0 Å². The summed E-state index contributed by atoms with van der Waals surface area (Å²) in [6.45, 7) is 3.95. The molecular formula is C19H25IN4O3. The summed E-state index contributed by atoms with van der Waals surface area (Å²) in [6.07, 6.45) is 1.52. The maximum atomic E-state index is 12.3. The van der Waals surface area contributed by atoms with Crippen LogP contribution < -0.4 is 10.1 Å². The predicted octanol–water partition coefficient (Wildman–Crippen LogP) is 2.31. The van der Waals surface area contributed by atoms with E-state index in [9.17, 15) is 4.79 Å². The number of nitrogens with zero attached hydrogens (tertiary/aromatic N) is 3. The lowest BCUT2D eigenvalue weighted by Gasteiger charge is -2.36. The van der Waals surface area contributed by atoms with Crippen molar-refractivity contribution >= 4 is 35.8 Å². The van der Waals surface area contributed by atoms with Gasteiger partial charge in [-0.15, -0.1) is 24.0 Å². The van der Waals surface area contributed by atoms with Gasteiger partial charge in [0.05, 0.1) is 12.8 Å². The fraction of sp³-hybridized carbons (Fsp3) is 0.368. The van der Waals surface area contributed by atoms with Crippen molar-refractivity contribution in [3.05, 3.63) is 54.5 Å². The van der Waals surface area contributed by atoms with Gasteiger partial charge in [-0.3, -0.25) is 9.79 Å². The van der Waals surface area contributed by atoms with E-state index in [1.807, 2.05) is 30.3 Å². The van der Waals surface area contributed by atoms with Crippen molar-refractivity contribution in [1.82, 2.24) is 15.1 Å². The lowest BCUT2D eigenvalue weighted by Crippen LogP contribution is -2.54. The molecule has 1 saturated heterocycles. The Morgan fingerprint density at radius 1 is 1.11 bits per heavy atom. The van der Waals surface area contributed by atoms with Crippen molar-refractivity contribution in [3.8, 4) is 5.75 Å². The van der Waals surface area contributed by atoms with Gasteiger partial charge in [-0.1, -0.05) is 18.2 Å². The monoisotopic (exact) mass is 484 g/mol. The van der Waals surface area contributed by atoms with Gasteiger partial charge in [-0.2, -0.15) is 0 Å². The number of rotatable bonds is 5. The number of benzene rings is 1. The van der Waals surface area contributed by atoms with E-state index in [2.05, 4.69) is 15.2 Å². The van der Waals surface area contributed by atoms with Gasteiger partial charge in [0.1, 0.15) is 12.4 Å². The van der Waals surface area contributed by atoms with Crippen LogP contribution in [0.2, 0.25) is 0 Å². The zero-order chi connectivity index (χ0) is 18.2. The number of hydrogen-bond acceptors (Lipinski definition) is 4. The molecule has 2 heterocycles. The standard InChI is InChI=1S/C19H24N4O3.HI/c1-20-19(21-9-15-25-16-6-3-2-4-7-16)23-12-10-22(11-13-23)18(24)17-8-5-14-26-17;/h2-8,14H,9-13,15H2,1H3,(H,20,21);1H. The normalized spacial score (nSPS) is 14.5. The molecule has 1 fully saturated rings. The third-order valence-electron chi connectivity index (χ3n) is 4.21. The van der Waals surface area contributed by atoms with Crippen molar-refractivity contribution in [2.75, 3.05) is 46.4 Å². The van der Waals surface area contributed by atoms with Crippen LogP contribution in [0.1, 0.15) is 10.6 Å². The third kappa shape index (κ3) is 5.88. The third-order valence-corrected chi connectivity index (χ3v) is 4.21. The number of halogens is 1. The number of carbonyl (C=O) groups is 1. The fourth-order valence-electron chi connectivity index (χ4n) is 2.86. The van der Waals surface area contributed by atoms with E-state index in [4.69, 9.17) is 9.15 Å². The van der Waals surface area contributed by atoms with E-state index in [0.29, 0.717) is 32.0 Å². The van der Waals surface area contributed by atoms with E-state index in [1.165, 1.54) is 6.26 Å². The molecule has 1 aromatic carbocycles. The molecule has 0 atom stereocenters. The second-order valence-corrected chi connectivity index (χ2v) is 5.89. The van der Waals surface area contributed by atoms with Crippen LogP contribution in [-0.4, -0.2) is 68.0 Å². The number of aliphatic imine (C=N–C) groups is 1. The van der Waals surface area contributed by atoms with Crippen LogP contribution in [0.15, 0.2) is 58.1 Å². The first kappa shape index (κ1) is 21.1. The lowest BCUT2D eigenvalue weighted by atomic mass is 10.3. The molecule has 146 valence electrons. The van der Waals surface area contributed by atoms with Gasteiger partial charge >= 0.3 is 0 Å². The highest BCUT2D eigenvalue weighted by atomic mass is 127. The van der Waals surface area contributed by atoms with E-state index in [0.717, 1.165) is 24.8 Å². The predicted molar refractivity (Wildman–Crippen MR) is 115 cm³/mol. The van der Waals surface area contributed by atoms with Gasteiger partial charge in [0.25, 0.3) is 5.91 Å². The maximum Gasteiger partial charge on any atom is 0.289 e. The Hall–Kier alpha value is -2.23. The number of ether oxygens (including phenoxy) is 1. The molecule has 0 bridgehead atoms. The molecular weight excluding hydrogens is 459 g/mol. The van der Waals surface area contributed by atoms with Crippen LogP contribution in [0, 0.1) is 0 Å². The van der Waals surface area contributed by atoms with Gasteiger partial charge in [0.2, 0.25) is 0 Å². The van der Waals surface area contributed by atoms with Gasteiger partial charge in [0.15, 0.2) is 11.7 Å². The molecule has 0 saturated carbocycles. The number of piperazine rings is 1. The average Bonchev–Trinajstić information content (AvgIpc) is 3.23. The molecule has 1 N–H and O–H groups in total. The van der Waals surface area contributed by atoms with E-state index < -0.39 is 0 Å². The Morgan fingerprint density at radius 3 is 2.44 bits per heavy atom. The SMILES string of the molecule is CN=C(NCCOc1ccccc1)N1CCN(C(=O)c2ccco2)CC1.I. The topological polar surface area (TPSA) is 70.3 Å². The van der Waals surface area contributed by atoms with Crippen molar-refractivity contribution < 1.29 is 13.9 Å². The summed E-state index contributed by atoms with van der Waals surface area (Å²) in [5, 5.41) is 3.31. The highest BCUT2D eigenvalue weighted by Crippen LogP contribution is 2.10. The Morgan fingerprint density at radius 2 is 1.81 bits per heavy atom. The van der Waals surface area contributed by atoms with Gasteiger partial charge < -0.3 is 24.3 Å². The second kappa shape index (κ2) is 10.8. The number of amides is 1. The summed E-state index contributed by atoms with van der Waals surface area (Å²) in [6, 6.07) is 13.2. The quantitative estimate of drug-likeness (QED) is 0.306. The zero-order valence-electron chi connectivity index (χ0n) is 15.3. The molecule has 8 heteroatoms. The minimum absolute atomic E-state index is 0. The van der Waals surface area contributed by atoms with Crippen molar-refractivity contribution in [2.45, 2.75) is 0 Å². The zero-order valence-corrected chi connectivity index (χ0v) is 17.7. The molecule has 27 heavy (non-hydrogen) atoms. The molecule has 7 nitrogen and oxygen atoms in total. The number of para-hydroxylation sites is 1. The van der Waals surface area contributed by atoms with Gasteiger partial charge in [-0.05, 0) is 24.3 Å². The minimum atomic E-state index is -0.0612. The van der Waals surface area contributed by atoms with Crippen molar-refractivity contribution in [1.29, 1.82) is 0 Å². The van der Waals surface area contributed by atoms with Crippen LogP contribution in [0.5, 0.6) is 5.75 Å². The molecule has 2 aromatic rings. The highest BCUT2D eigenvalue weighted by Gasteiger charge is 2.24. The van der Waals surface area contributed by atoms with Crippen LogP contribution >= 0.6 is 24.0 Å². The molecule has 0 radical (unpaired) electrons. The number of furan rings is 1. The average molecular weight is 484 g/mol. The largest absolute Gasteiger partial charge is 0.492 e. The summed E-state index contributed by atoms with van der Waals surface area (Å²) in [4.78, 5) is 20.6. The molecule has 1 amide bonds. The molecule has 0 aliphatic carbocycles. The molecule has 1 aliphatic rings. The van der Waals surface area contributed by atoms with E-state index in [1.54, 1.807) is 24.1 Å². The van der Waals surface area contributed by atoms with Crippen LogP contribution in [0.3, 0.4) is 0 Å². The smallest absolute Gasteiger partial charge is 0.289 e. The molecule has 0 unspecified atom stereocenters. The first-order valence-electron chi connectivity index (χ1n) is 8.74. The van der Waals surface area contributed by atoms with Crippen molar-refractivity contribution in [3.63, 3.8) is 0 Å². The minimum Gasteiger partial charge on any atom is -0.492 e. The van der Waals surface area contributed by atoms with Crippen molar-refractivity contribution in [2.24, 2.45) is 4.99 Å². The maximum absolute atomic E-state index is 12.3. The highest BCUT2D eigenvalue weighted by molar-refractivity contribution is 14.0. The van der Waals surface area contributed by atoms with E-state index in [-0.39, 0.29) is 29.9 Å².